The molecule has 0 fully saturated rings. The minimum absolute atomic E-state index is 1.12. The Bertz CT molecular complexity index is 1990. The van der Waals surface area contributed by atoms with Crippen molar-refractivity contribution in [1.29, 1.82) is 0 Å². The van der Waals surface area contributed by atoms with E-state index in [0.29, 0.717) is 0 Å². The number of benzene rings is 5. The third-order valence-electron chi connectivity index (χ3n) is 15.5. The Morgan fingerprint density at radius 1 is 0.226 bits per heavy atom. The molecule has 0 saturated carbocycles. The lowest BCUT2D eigenvalue weighted by molar-refractivity contribution is -1.63. The second kappa shape index (κ2) is 45.5. The molecule has 0 bridgehead atoms. The van der Waals surface area contributed by atoms with Gasteiger partial charge in [0.15, 0.2) is 0 Å². The summed E-state index contributed by atoms with van der Waals surface area (Å²) >= 11 is 0. The van der Waals surface area contributed by atoms with Gasteiger partial charge in [-0.05, 0) is 173 Å². The molecule has 470 valence electrons. The molecule has 0 aliphatic heterocycles. The average molecular weight is 1200 g/mol. The number of rotatable bonds is 42. The van der Waals surface area contributed by atoms with Crippen molar-refractivity contribution in [3.8, 4) is 0 Å². The number of hydrogen-bond donors (Lipinski definition) is 2. The monoisotopic (exact) mass is 1200 g/mol. The zero-order chi connectivity index (χ0) is 61.2. The van der Waals surface area contributed by atoms with Crippen molar-refractivity contribution in [3.63, 3.8) is 0 Å². The zero-order valence-electron chi connectivity index (χ0n) is 53.1. The van der Waals surface area contributed by atoms with Crippen LogP contribution < -0.4 is 48.0 Å². The second-order valence-corrected chi connectivity index (χ2v) is 23.1. The van der Waals surface area contributed by atoms with Crippen molar-refractivity contribution >= 4 is 56.9 Å². The van der Waals surface area contributed by atoms with Crippen LogP contribution in [-0.4, -0.2) is 61.7 Å². The van der Waals surface area contributed by atoms with Gasteiger partial charge in [-0.2, -0.15) is 0 Å². The summed E-state index contributed by atoms with van der Waals surface area (Å²) in [7, 11) is -5.20. The second-order valence-electron chi connectivity index (χ2n) is 22.3. The van der Waals surface area contributed by atoms with Gasteiger partial charge in [0.1, 0.15) is 0 Å². The fourth-order valence-corrected chi connectivity index (χ4v) is 10.8. The van der Waals surface area contributed by atoms with Gasteiger partial charge in [0.2, 0.25) is 0 Å². The number of anilines is 10. The van der Waals surface area contributed by atoms with Crippen LogP contribution in [0, 0.1) is 21.6 Å². The molecule has 12 nitrogen and oxygen atoms in total. The van der Waals surface area contributed by atoms with E-state index in [1.54, 1.807) is 0 Å². The molecule has 14 heteroatoms. The third-order valence-corrected chi connectivity index (χ3v) is 15.5. The Hall–Kier alpha value is -4.76. The van der Waals surface area contributed by atoms with Gasteiger partial charge in [0.25, 0.3) is 21.6 Å². The predicted octanol–water partition coefficient (Wildman–Crippen LogP) is 15.5. The van der Waals surface area contributed by atoms with Crippen LogP contribution in [0.2, 0.25) is 0 Å². The zero-order valence-corrected chi connectivity index (χ0v) is 54.7. The van der Waals surface area contributed by atoms with E-state index in [0.717, 1.165) is 63.7 Å². The predicted molar refractivity (Wildman–Crippen MR) is 345 cm³/mol. The molecule has 0 amide bonds. The fraction of sp³-hybridized carbons (Fsp3) is 0.571. The summed E-state index contributed by atoms with van der Waals surface area (Å²) in [5.41, 5.74) is 12.4. The minimum atomic E-state index is -2.60. The summed E-state index contributed by atoms with van der Waals surface area (Å²) < 4.78 is 47.9. The number of unbranched alkanes of at least 4 members (excludes halogenated alkanes) is 16. The molecule has 0 aliphatic rings. The first kappa shape index (κ1) is 73.5. The van der Waals surface area contributed by atoms with E-state index in [2.05, 4.69) is 206 Å². The Morgan fingerprint density at radius 2 is 0.333 bits per heavy atom. The van der Waals surface area contributed by atoms with Gasteiger partial charge in [-0.15, -0.1) is 0 Å². The molecule has 5 aromatic rings. The summed E-state index contributed by atoms with van der Waals surface area (Å²) in [6.07, 6.45) is 30.1. The maximum Gasteiger partial charge on any atom is 0.282 e. The molecular formula is C70H110Cl2N6O6. The molecule has 0 radical (unpaired) electrons. The van der Waals surface area contributed by atoms with Crippen molar-refractivity contribution in [3.05, 3.63) is 121 Å². The van der Waals surface area contributed by atoms with Crippen LogP contribution in [-0.2, 0) is 0 Å². The summed E-state index contributed by atoms with van der Waals surface area (Å²) in [4.78, 5) is 15.5. The third kappa shape index (κ3) is 28.6. The van der Waals surface area contributed by atoms with E-state index < -0.39 is 21.6 Å². The van der Waals surface area contributed by atoms with Crippen LogP contribution in [0.1, 0.15) is 209 Å². The highest BCUT2D eigenvalue weighted by Crippen LogP contribution is 2.41. The van der Waals surface area contributed by atoms with E-state index in [9.17, 15) is 0 Å². The van der Waals surface area contributed by atoms with E-state index in [4.69, 9.17) is 28.0 Å². The van der Waals surface area contributed by atoms with Crippen LogP contribution in [0.25, 0.3) is 0 Å². The van der Waals surface area contributed by atoms with Crippen molar-refractivity contribution in [2.45, 2.75) is 209 Å². The molecule has 0 heterocycles. The van der Waals surface area contributed by atoms with E-state index in [1.807, 2.05) is 0 Å². The summed E-state index contributed by atoms with van der Waals surface area (Å²) in [5, 5.41) is 0. The summed E-state index contributed by atoms with van der Waals surface area (Å²) in [5.74, 6) is 0. The Kier molecular flexibility index (Phi) is 39.8. The van der Waals surface area contributed by atoms with Gasteiger partial charge in [-0.3, -0.25) is 0 Å². The molecule has 2 N–H and O–H groups in total. The molecule has 0 atom stereocenters. The van der Waals surface area contributed by atoms with Gasteiger partial charge in [-0.1, -0.05) is 158 Å². The first-order valence-corrected chi connectivity index (χ1v) is 34.4. The molecule has 0 aliphatic carbocycles. The van der Waals surface area contributed by atoms with Crippen LogP contribution >= 0.6 is 0 Å². The first-order valence-electron chi connectivity index (χ1n) is 32.5. The molecule has 0 saturated heterocycles. The van der Waals surface area contributed by atoms with Crippen molar-refractivity contribution < 1.29 is 49.5 Å². The van der Waals surface area contributed by atoms with Gasteiger partial charge >= 0.3 is 0 Å². The Balaban J connectivity index is 0.00000217. The summed E-state index contributed by atoms with van der Waals surface area (Å²) in [6.45, 7) is 27.4. The van der Waals surface area contributed by atoms with Gasteiger partial charge in [0.05, 0.1) is 0 Å². The van der Waals surface area contributed by atoms with Crippen molar-refractivity contribution in [2.24, 2.45) is 0 Å². The van der Waals surface area contributed by atoms with Crippen molar-refractivity contribution in [2.75, 3.05) is 81.8 Å². The summed E-state index contributed by atoms with van der Waals surface area (Å²) in [6, 6.07) is 47.3. The quantitative estimate of drug-likeness (QED) is 0.0358. The van der Waals surface area contributed by atoms with Gasteiger partial charge in [-0.25, -0.2) is 0 Å². The highest BCUT2D eigenvalue weighted by molar-refractivity contribution is 5.82. The minimum Gasteiger partial charge on any atom is -0.372 e. The van der Waals surface area contributed by atoms with Crippen LogP contribution in [0.4, 0.5) is 56.9 Å². The first-order chi connectivity index (χ1) is 40.9. The SMILES string of the molecule is CCCCCN(CCCCC)c1ccc(N(c2ccc(N(CCCCC)CCCCC)cc2)c2ccc(N(c3ccc(N(CCCCC)CCCCC)cc3)c3ccc(N(CCCCC)CCCCC)cc3)cc2)cc1.[O-][Cl+2]([O-])O.[O-][Cl+2]([O-])O. The Morgan fingerprint density at radius 3 is 0.440 bits per heavy atom. The number of hydrogen-bond acceptors (Lipinski definition) is 12. The smallest absolute Gasteiger partial charge is 0.282 e. The molecule has 84 heavy (non-hydrogen) atoms. The molecule has 0 aromatic heterocycles. The van der Waals surface area contributed by atoms with Crippen LogP contribution in [0.15, 0.2) is 121 Å². The maximum atomic E-state index is 8.52. The largest absolute Gasteiger partial charge is 0.372 e. The maximum absolute atomic E-state index is 8.52. The topological polar surface area (TPSA) is 152 Å². The van der Waals surface area contributed by atoms with Crippen LogP contribution in [0.3, 0.4) is 0 Å². The average Bonchev–Trinajstić information content (AvgIpc) is 3.59. The van der Waals surface area contributed by atoms with Crippen LogP contribution in [0.5, 0.6) is 0 Å². The van der Waals surface area contributed by atoms with Crippen molar-refractivity contribution in [1.82, 2.24) is 0 Å². The highest BCUT2D eigenvalue weighted by Gasteiger charge is 2.20. The molecule has 5 aromatic carbocycles. The van der Waals surface area contributed by atoms with E-state index in [-0.39, 0.29) is 0 Å². The molecule has 0 unspecified atom stereocenters. The van der Waals surface area contributed by atoms with Gasteiger partial charge < -0.3 is 48.0 Å². The number of nitrogens with zero attached hydrogens (tertiary/aromatic N) is 6. The van der Waals surface area contributed by atoms with E-state index in [1.165, 1.54) is 200 Å². The number of halogens is 2. The molecular weight excluding hydrogens is 1090 g/mol. The normalized spacial score (nSPS) is 11.0. The van der Waals surface area contributed by atoms with E-state index >= 15 is 0 Å². The highest BCUT2D eigenvalue weighted by atomic mass is 35.6. The molecule has 0 spiro atoms. The lowest BCUT2D eigenvalue weighted by Crippen LogP contribution is -2.30. The van der Waals surface area contributed by atoms with Gasteiger partial charge in [0, 0.05) is 119 Å². The lowest BCUT2D eigenvalue weighted by atomic mass is 10.1. The standard InChI is InChI=1S/C70H108N6.2ClHO3/c1-9-17-25-53-71(54-26-18-10-2)61-33-41-65(42-34-61)75(66-43-35-62(36-44-66)72(55-27-19-11-3)56-28-20-12-4)69-49-51-70(52-50-69)76(67-45-37-63(38-46-67)73(57-29-21-13-5)58-30-22-14-6)68-47-39-64(40-48-68)74(59-31-23-15-7)60-32-24-16-8;2*2-1(3)4/h33-52H,9-32,53-60H2,1-8H3;2*2H. The molecule has 5 rings (SSSR count). The lowest BCUT2D eigenvalue weighted by Gasteiger charge is -2.31. The fourth-order valence-electron chi connectivity index (χ4n) is 10.8. The Labute approximate surface area is 516 Å².